The Balaban J connectivity index is 1.89. The van der Waals surface area contributed by atoms with Gasteiger partial charge >= 0.3 is 0 Å². The molecule has 5 nitrogen and oxygen atoms in total. The number of phenolic OH excluding ortho intramolecular Hbond substituents is 1. The van der Waals surface area contributed by atoms with Gasteiger partial charge < -0.3 is 10.4 Å². The molecule has 3 heterocycles. The Morgan fingerprint density at radius 2 is 1.81 bits per heavy atom. The highest BCUT2D eigenvalue weighted by atomic mass is 35.5. The molecule has 0 radical (unpaired) electrons. The van der Waals surface area contributed by atoms with Crippen LogP contribution >= 0.6 is 11.6 Å². The number of pyridine rings is 3. The van der Waals surface area contributed by atoms with Gasteiger partial charge in [0.05, 0.1) is 11.1 Å². The zero-order valence-electron chi connectivity index (χ0n) is 13.7. The van der Waals surface area contributed by atoms with Gasteiger partial charge in [0.2, 0.25) is 0 Å². The molecule has 1 aromatic carbocycles. The monoisotopic (exact) mass is 362 g/mol. The third-order valence-corrected chi connectivity index (χ3v) is 4.44. The molecule has 6 heteroatoms. The minimum Gasteiger partial charge on any atom is -0.505 e. The number of benzene rings is 1. The molecular weight excluding hydrogens is 348 g/mol. The van der Waals surface area contributed by atoms with Crippen LogP contribution in [0.3, 0.4) is 0 Å². The number of nitrogens with zero attached hydrogens (tertiary/aromatic N) is 3. The van der Waals surface area contributed by atoms with Gasteiger partial charge in [-0.1, -0.05) is 23.7 Å². The van der Waals surface area contributed by atoms with Crippen molar-refractivity contribution in [1.29, 1.82) is 0 Å². The maximum atomic E-state index is 10.9. The van der Waals surface area contributed by atoms with Crippen LogP contribution in [0.15, 0.2) is 73.3 Å². The molecule has 26 heavy (non-hydrogen) atoms. The molecule has 0 saturated heterocycles. The molecule has 3 aromatic heterocycles. The highest BCUT2D eigenvalue weighted by molar-refractivity contribution is 6.35. The molecule has 128 valence electrons. The molecule has 0 aliphatic carbocycles. The number of phenols is 1. The number of fused-ring (bicyclic) bond motifs is 1. The number of hydrogen-bond acceptors (Lipinski definition) is 5. The van der Waals surface area contributed by atoms with Gasteiger partial charge in [-0.3, -0.25) is 9.97 Å². The van der Waals surface area contributed by atoms with Gasteiger partial charge in [0.25, 0.3) is 0 Å². The molecule has 0 saturated carbocycles. The van der Waals surface area contributed by atoms with Gasteiger partial charge in [0, 0.05) is 35.7 Å². The molecule has 0 spiro atoms. The highest BCUT2D eigenvalue weighted by Gasteiger charge is 2.22. The average molecular weight is 363 g/mol. The molecule has 1 atom stereocenters. The number of hydrogen-bond donors (Lipinski definition) is 2. The first-order valence-electron chi connectivity index (χ1n) is 8.07. The van der Waals surface area contributed by atoms with Crippen molar-refractivity contribution < 1.29 is 5.11 Å². The van der Waals surface area contributed by atoms with Gasteiger partial charge in [0.15, 0.2) is 0 Å². The lowest BCUT2D eigenvalue weighted by Gasteiger charge is -2.22. The SMILES string of the molecule is Oc1c([C@@H](Nc2ccccn2)c2cccnc2)cc(Cl)c2cccnc12. The fourth-order valence-corrected chi connectivity index (χ4v) is 3.18. The molecule has 0 fully saturated rings. The Labute approximate surface area is 155 Å². The first-order valence-corrected chi connectivity index (χ1v) is 8.45. The van der Waals surface area contributed by atoms with E-state index in [4.69, 9.17) is 11.6 Å². The summed E-state index contributed by atoms with van der Waals surface area (Å²) in [6, 6.07) is 14.4. The van der Waals surface area contributed by atoms with Gasteiger partial charge in [-0.05, 0) is 42.0 Å². The van der Waals surface area contributed by atoms with Crippen LogP contribution in [-0.2, 0) is 0 Å². The molecule has 4 rings (SSSR count). The summed E-state index contributed by atoms with van der Waals surface area (Å²) < 4.78 is 0. The van der Waals surface area contributed by atoms with E-state index in [1.54, 1.807) is 36.9 Å². The van der Waals surface area contributed by atoms with E-state index in [0.29, 0.717) is 27.3 Å². The molecule has 0 bridgehead atoms. The van der Waals surface area contributed by atoms with E-state index < -0.39 is 0 Å². The standard InChI is InChI=1S/C20H15ClN4O/c21-16-11-15(20(26)19-14(16)6-4-10-24-19)18(13-5-3-8-22-12-13)25-17-7-1-2-9-23-17/h1-12,18,26H,(H,23,25)/t18-/m0/s1. The summed E-state index contributed by atoms with van der Waals surface area (Å²) in [6.45, 7) is 0. The number of halogens is 1. The topological polar surface area (TPSA) is 70.9 Å². The molecule has 0 aliphatic rings. The summed E-state index contributed by atoms with van der Waals surface area (Å²) in [5.41, 5.74) is 1.95. The zero-order chi connectivity index (χ0) is 17.9. The first-order chi connectivity index (χ1) is 12.7. The summed E-state index contributed by atoms with van der Waals surface area (Å²) in [5.74, 6) is 0.764. The van der Waals surface area contributed by atoms with Crippen LogP contribution in [0.4, 0.5) is 5.82 Å². The fraction of sp³-hybridized carbons (Fsp3) is 0.0500. The number of aromatic hydroxyl groups is 1. The Morgan fingerprint density at radius 3 is 2.58 bits per heavy atom. The normalized spacial score (nSPS) is 12.0. The van der Waals surface area contributed by atoms with Gasteiger partial charge in [0.1, 0.15) is 17.1 Å². The van der Waals surface area contributed by atoms with Crippen molar-refractivity contribution in [3.05, 3.63) is 89.5 Å². The molecule has 0 amide bonds. The van der Waals surface area contributed by atoms with Crippen LogP contribution in [0.5, 0.6) is 5.75 Å². The van der Waals surface area contributed by atoms with E-state index >= 15 is 0 Å². The van der Waals surface area contributed by atoms with Crippen molar-refractivity contribution in [3.8, 4) is 5.75 Å². The second-order valence-corrected chi connectivity index (χ2v) is 6.18. The quantitative estimate of drug-likeness (QED) is 0.555. The van der Waals surface area contributed by atoms with Crippen LogP contribution in [0.2, 0.25) is 5.02 Å². The maximum absolute atomic E-state index is 10.9. The van der Waals surface area contributed by atoms with E-state index in [9.17, 15) is 5.11 Å². The molecule has 2 N–H and O–H groups in total. The lowest BCUT2D eigenvalue weighted by Crippen LogP contribution is -2.14. The first kappa shape index (κ1) is 16.3. The van der Waals surface area contributed by atoms with E-state index in [2.05, 4.69) is 20.3 Å². The average Bonchev–Trinajstić information content (AvgIpc) is 2.71. The third kappa shape index (κ3) is 3.05. The van der Waals surface area contributed by atoms with Crippen molar-refractivity contribution in [1.82, 2.24) is 15.0 Å². The summed E-state index contributed by atoms with van der Waals surface area (Å²) in [7, 11) is 0. The highest BCUT2D eigenvalue weighted by Crippen LogP contribution is 2.39. The predicted octanol–water partition coefficient (Wildman–Crippen LogP) is 4.59. The summed E-state index contributed by atoms with van der Waals surface area (Å²) in [5, 5.41) is 15.5. The number of rotatable bonds is 4. The number of aromatic nitrogens is 3. The van der Waals surface area contributed by atoms with Crippen LogP contribution < -0.4 is 5.32 Å². The zero-order valence-corrected chi connectivity index (χ0v) is 14.4. The summed E-state index contributed by atoms with van der Waals surface area (Å²) in [4.78, 5) is 12.8. The summed E-state index contributed by atoms with van der Waals surface area (Å²) in [6.07, 6.45) is 6.79. The second kappa shape index (κ2) is 6.98. The Bertz CT molecular complexity index is 1040. The minimum atomic E-state index is -0.387. The number of anilines is 1. The number of nitrogens with one attached hydrogen (secondary N) is 1. The van der Waals surface area contributed by atoms with Crippen LogP contribution in [0, 0.1) is 0 Å². The predicted molar refractivity (Wildman–Crippen MR) is 102 cm³/mol. The largest absolute Gasteiger partial charge is 0.505 e. The van der Waals surface area contributed by atoms with Crippen LogP contribution in [0.1, 0.15) is 17.2 Å². The Hall–Kier alpha value is -3.18. The van der Waals surface area contributed by atoms with Gasteiger partial charge in [-0.15, -0.1) is 0 Å². The molecule has 4 aromatic rings. The van der Waals surface area contributed by atoms with Gasteiger partial charge in [-0.25, -0.2) is 4.98 Å². The van der Waals surface area contributed by atoms with Crippen molar-refractivity contribution in [2.24, 2.45) is 0 Å². The van der Waals surface area contributed by atoms with E-state index in [1.807, 2.05) is 36.4 Å². The molecule has 0 unspecified atom stereocenters. The minimum absolute atomic E-state index is 0.0854. The summed E-state index contributed by atoms with van der Waals surface area (Å²) >= 11 is 6.46. The van der Waals surface area contributed by atoms with Crippen molar-refractivity contribution in [2.75, 3.05) is 5.32 Å². The lowest BCUT2D eigenvalue weighted by molar-refractivity contribution is 0.471. The third-order valence-electron chi connectivity index (χ3n) is 4.13. The second-order valence-electron chi connectivity index (χ2n) is 5.77. The van der Waals surface area contributed by atoms with E-state index in [-0.39, 0.29) is 11.8 Å². The lowest BCUT2D eigenvalue weighted by atomic mass is 9.97. The van der Waals surface area contributed by atoms with Crippen LogP contribution in [0.25, 0.3) is 10.9 Å². The van der Waals surface area contributed by atoms with Crippen molar-refractivity contribution >= 4 is 28.3 Å². The van der Waals surface area contributed by atoms with Crippen molar-refractivity contribution in [3.63, 3.8) is 0 Å². The maximum Gasteiger partial charge on any atom is 0.147 e. The van der Waals surface area contributed by atoms with Crippen molar-refractivity contribution in [2.45, 2.75) is 6.04 Å². The van der Waals surface area contributed by atoms with E-state index in [1.165, 1.54) is 0 Å². The van der Waals surface area contributed by atoms with Crippen LogP contribution in [-0.4, -0.2) is 20.1 Å². The smallest absolute Gasteiger partial charge is 0.147 e. The van der Waals surface area contributed by atoms with Gasteiger partial charge in [-0.2, -0.15) is 0 Å². The van der Waals surface area contributed by atoms with E-state index in [0.717, 1.165) is 5.56 Å². The Kier molecular flexibility index (Phi) is 4.37. The fourth-order valence-electron chi connectivity index (χ4n) is 2.91. The molecule has 0 aliphatic heterocycles. The molecular formula is C20H15ClN4O. The Morgan fingerprint density at radius 1 is 0.962 bits per heavy atom.